The van der Waals surface area contributed by atoms with Crippen LogP contribution in [0.15, 0.2) is 93.8 Å². The molecular weight excluding hydrogens is 1920 g/mol. The SMILES string of the molecule is [C-]#[N+]/C=C1/CC[C@H]2[C@@H]3CC=C4CC(=O)CC[C@]4([CH2-])[C@H]3CC[C@]12C.[C-]#[N+]/C=C1/CC[C@H]2[C@@H]3CC=C4C[C@@H](O)CC[C@]4([CH2-])[C@H]3CC[C@]12C.[C-]#[N+]/C=C1/CC[C@H]2[C@@H]3CCC4=CC(=O)CC[C@]4([CH2-])[C@H]3CC[C@]12C.[C-]#[N+]/C=C1/CC[C@H]2[C@@H]3CC[C@@H]4CC(=O)CC[C@]4([CH2-])[C@H]3CC[C@]12C.[C-]#[N+]/C=C1/CC[C@H]2[C@@H]3CC[C@H]4CC(=O)CC[C@]4([CH2-])[C@H]3CC[C@]12C.[OH-].[OH-].[OH-].[OH-].[OH-].[Rb+].[Rb+].[Rb+].[Rb+].[Rb+]. The Balaban J connectivity index is 0.000000237. The maximum absolute atomic E-state index is 11.9. The van der Waals surface area contributed by atoms with Crippen LogP contribution in [0, 0.1) is 222 Å². The Morgan fingerprint density at radius 1 is 0.320 bits per heavy atom. The van der Waals surface area contributed by atoms with Gasteiger partial charge in [-0.15, -0.1) is 16.2 Å². The predicted octanol–water partition coefficient (Wildman–Crippen LogP) is 9.77. The van der Waals surface area contributed by atoms with Crippen molar-refractivity contribution < 1.29 is 343 Å². The van der Waals surface area contributed by atoms with Gasteiger partial charge in [0.15, 0.2) is 36.8 Å². The fraction of sp³-hybridized carbons (Fsp3) is 0.714. The first-order chi connectivity index (χ1) is 54.9. The number of allylic oxidation sites excluding steroid dienone is 9. The van der Waals surface area contributed by atoms with E-state index >= 15 is 0 Å². The molecule has 0 bridgehead atoms. The number of aliphatic hydroxyl groups is 1. The third kappa shape index (κ3) is 20.9. The summed E-state index contributed by atoms with van der Waals surface area (Å²) < 4.78 is 0. The van der Waals surface area contributed by atoms with Gasteiger partial charge in [0, 0.05) is 44.9 Å². The van der Waals surface area contributed by atoms with Crippen LogP contribution in [-0.2, 0) is 19.2 Å². The largest absolute Gasteiger partial charge is 1.00 e. The molecule has 0 aromatic carbocycles. The van der Waals surface area contributed by atoms with Crippen molar-refractivity contribution in [1.82, 2.24) is 0 Å². The van der Waals surface area contributed by atoms with Crippen LogP contribution in [0.1, 0.15) is 304 Å². The Hall–Kier alpha value is 2.84. The molecule has 20 aliphatic carbocycles. The fourth-order valence-electron chi connectivity index (χ4n) is 33.4. The average Bonchev–Trinajstić information content (AvgIpc) is 1.70. The van der Waals surface area contributed by atoms with Crippen molar-refractivity contribution in [2.24, 2.45) is 155 Å². The number of nitrogens with zero attached hydrogens (tertiary/aromatic N) is 5. The summed E-state index contributed by atoms with van der Waals surface area (Å²) in [7, 11) is 0. The van der Waals surface area contributed by atoms with Gasteiger partial charge in [-0.1, -0.05) is 210 Å². The van der Waals surface area contributed by atoms with Crippen molar-refractivity contribution in [1.29, 1.82) is 0 Å². The molecule has 20 heteroatoms. The number of rotatable bonds is 0. The molecule has 0 spiro atoms. The first kappa shape index (κ1) is 117. The summed E-state index contributed by atoms with van der Waals surface area (Å²) in [4.78, 5) is 65.4. The number of hydrogen-bond donors (Lipinski definition) is 1. The number of aliphatic hydroxyl groups excluding tert-OH is 1. The summed E-state index contributed by atoms with van der Waals surface area (Å²) in [5, 5.41) is 10.0. The minimum Gasteiger partial charge on any atom is -0.870 e. The summed E-state index contributed by atoms with van der Waals surface area (Å²) in [5.41, 5.74) is 12.8. The summed E-state index contributed by atoms with van der Waals surface area (Å²) in [5.74, 6) is 13.4. The Morgan fingerprint density at radius 3 is 1.01 bits per heavy atom. The van der Waals surface area contributed by atoms with Crippen molar-refractivity contribution in [3.05, 3.63) is 186 Å². The number of fused-ring (bicyclic) bond motifs is 25. The molecule has 17 saturated carbocycles. The smallest absolute Gasteiger partial charge is 0.870 e. The molecule has 0 radical (unpaired) electrons. The van der Waals surface area contributed by atoms with E-state index in [9.17, 15) is 24.3 Å². The molecule has 0 heterocycles. The van der Waals surface area contributed by atoms with Crippen molar-refractivity contribution in [2.75, 3.05) is 0 Å². The Bertz CT molecular complexity index is 4330. The van der Waals surface area contributed by atoms with Gasteiger partial charge >= 0.3 is 291 Å². The minimum atomic E-state index is -0.152. The Kier molecular flexibility index (Phi) is 43.4. The molecule has 0 aromatic rings. The van der Waals surface area contributed by atoms with Crippen LogP contribution in [0.2, 0.25) is 0 Å². The van der Waals surface area contributed by atoms with Crippen molar-refractivity contribution in [2.45, 2.75) is 310 Å². The second-order valence-corrected chi connectivity index (χ2v) is 43.5. The summed E-state index contributed by atoms with van der Waals surface area (Å²) in [6, 6.07) is 0. The predicted molar refractivity (Wildman–Crippen MR) is 466 cm³/mol. The van der Waals surface area contributed by atoms with Crippen LogP contribution < -0.4 is 291 Å². The van der Waals surface area contributed by atoms with E-state index in [1.54, 1.807) is 0 Å². The number of hydrogen-bond acceptors (Lipinski definition) is 10. The van der Waals surface area contributed by atoms with Crippen molar-refractivity contribution in [3.63, 3.8) is 0 Å². The molecule has 0 aromatic heterocycles. The molecule has 0 saturated heterocycles. The van der Waals surface area contributed by atoms with Gasteiger partial charge in [0.1, 0.15) is 17.3 Å². The molecule has 125 heavy (non-hydrogen) atoms. The van der Waals surface area contributed by atoms with E-state index in [4.69, 9.17) is 53.6 Å². The van der Waals surface area contributed by atoms with E-state index in [-0.39, 0.29) is 379 Å². The van der Waals surface area contributed by atoms with Crippen LogP contribution in [-0.4, -0.2) is 61.7 Å². The Labute approximate surface area is 997 Å². The molecule has 17 fully saturated rings. The first-order valence-electron chi connectivity index (χ1n) is 46.4. The summed E-state index contributed by atoms with van der Waals surface area (Å²) >= 11 is 0. The van der Waals surface area contributed by atoms with E-state index in [0.29, 0.717) is 95.2 Å². The van der Waals surface area contributed by atoms with E-state index in [0.717, 1.165) is 170 Å². The molecule has 0 amide bonds. The van der Waals surface area contributed by atoms with Gasteiger partial charge in [-0.2, -0.15) is 10.8 Å². The minimum absolute atomic E-state index is 0. The van der Waals surface area contributed by atoms with Gasteiger partial charge < -0.3 is 67.1 Å². The molecular formula is C105H141N5O10Rb5-5. The number of Topliss-reactive ketones (excluding diaryl/α,β-unsaturated/α-hetero) is 3. The van der Waals surface area contributed by atoms with Crippen LogP contribution in [0.3, 0.4) is 0 Å². The molecule has 28 atom stereocenters. The number of ketones is 4. The van der Waals surface area contributed by atoms with Crippen molar-refractivity contribution in [3.8, 4) is 0 Å². The normalized spacial score (nSPS) is 45.4. The van der Waals surface area contributed by atoms with E-state index in [1.807, 2.05) is 37.1 Å². The van der Waals surface area contributed by atoms with Gasteiger partial charge in [-0.3, -0.25) is 19.2 Å². The zero-order chi connectivity index (χ0) is 81.2. The van der Waals surface area contributed by atoms with E-state index in [2.05, 4.69) is 84.8 Å². The third-order valence-corrected chi connectivity index (χ3v) is 39.9. The molecule has 20 aliphatic rings. The average molecular weight is 2060 g/mol. The first-order valence-corrected chi connectivity index (χ1v) is 46.4. The third-order valence-electron chi connectivity index (χ3n) is 39.9. The molecule has 0 aliphatic heterocycles. The van der Waals surface area contributed by atoms with E-state index in [1.165, 1.54) is 173 Å². The number of carbonyl (C=O) groups is 4. The number of carbonyl (C=O) groups excluding carboxylic acids is 4. The van der Waals surface area contributed by atoms with Gasteiger partial charge in [0.25, 0.3) is 0 Å². The zero-order valence-corrected chi connectivity index (χ0v) is 103. The molecule has 20 rings (SSSR count). The molecule has 656 valence electrons. The van der Waals surface area contributed by atoms with Crippen LogP contribution in [0.25, 0.3) is 24.2 Å². The Morgan fingerprint density at radius 2 is 0.632 bits per heavy atom. The quantitative estimate of drug-likeness (QED) is 0.177. The van der Waals surface area contributed by atoms with E-state index < -0.39 is 0 Å². The maximum atomic E-state index is 11.9. The topological polar surface area (TPSA) is 260 Å². The van der Waals surface area contributed by atoms with Crippen molar-refractivity contribution >= 4 is 23.1 Å². The zero-order valence-electron chi connectivity index (χ0n) is 78.3. The molecule has 15 nitrogen and oxygen atoms in total. The summed E-state index contributed by atoms with van der Waals surface area (Å²) in [6.07, 6.45) is 61.1. The standard InChI is InChI=1S/3C21H28NO.2C21H26NO.5H2O.5Rb/c5*1-20-10-8-16(23)12-14(20)4-6-17-18-7-5-15(13-22-3)21(18,2)11-9-19(17)20;;;;;;;;;;/h2*13-14,17-19H,1,4-12H2,2H3;4,13,16-19,23H,1,5-12H2,2H3;12-13,17-19H,1,4-11H2,2H3;4,13,17-19H,1,5-12H2,2H3;5*1H2;;;;;/q5*-1;;;;;;5*+1/p-5/b5*15-13-;;;;;;;;;;/t14-,17+,18+,19+,20+,21-;14-,17-,18-,19-,20-,21+;16-,17-,18-,19-,20-,21+;2*17-,18-,19-,20-,21+;;;;;;;;;;/m10000........../s1. The van der Waals surface area contributed by atoms with Crippen LogP contribution in [0.4, 0.5) is 0 Å². The summed E-state index contributed by atoms with van der Waals surface area (Å²) in [6.45, 7) is 71.7. The van der Waals surface area contributed by atoms with Gasteiger partial charge in [-0.05, 0) is 240 Å². The van der Waals surface area contributed by atoms with Gasteiger partial charge in [-0.25, -0.2) is 24.2 Å². The second kappa shape index (κ2) is 46.5. The van der Waals surface area contributed by atoms with Crippen LogP contribution >= 0.6 is 0 Å². The van der Waals surface area contributed by atoms with Gasteiger partial charge in [0.05, 0.1) is 39.0 Å². The molecule has 0 unspecified atom stereocenters. The van der Waals surface area contributed by atoms with Crippen LogP contribution in [0.5, 0.6) is 0 Å². The van der Waals surface area contributed by atoms with Gasteiger partial charge in [0.2, 0.25) is 0 Å². The molecule has 6 N–H and O–H groups in total. The fourth-order valence-corrected chi connectivity index (χ4v) is 33.4. The monoisotopic (exact) mass is 2060 g/mol. The second-order valence-electron chi connectivity index (χ2n) is 43.5. The maximum Gasteiger partial charge on any atom is 1.00 e.